The molecule has 0 saturated carbocycles. The zero-order valence-corrected chi connectivity index (χ0v) is 19.6. The van der Waals surface area contributed by atoms with Gasteiger partial charge in [-0.25, -0.2) is 0 Å². The molecule has 1 saturated heterocycles. The van der Waals surface area contributed by atoms with Gasteiger partial charge in [0.05, 0.1) is 27.2 Å². The largest absolute Gasteiger partial charge is 0.466 e. The fourth-order valence-corrected chi connectivity index (χ4v) is 5.68. The summed E-state index contributed by atoms with van der Waals surface area (Å²) in [6, 6.07) is 10.4. The van der Waals surface area contributed by atoms with Crippen LogP contribution in [0.2, 0.25) is 0 Å². The number of likely N-dealkylation sites (tertiary alicyclic amines) is 1. The number of piperidine rings is 1. The van der Waals surface area contributed by atoms with Crippen molar-refractivity contribution >= 4 is 49.4 Å². The number of nitrogens with zero attached hydrogens (tertiary/aromatic N) is 2. The van der Waals surface area contributed by atoms with E-state index >= 15 is 0 Å². The molecule has 1 aliphatic heterocycles. The van der Waals surface area contributed by atoms with Gasteiger partial charge >= 0.3 is 5.97 Å². The quantitative estimate of drug-likeness (QED) is 0.461. The third-order valence-electron chi connectivity index (χ3n) is 5.66. The molecule has 7 heteroatoms. The molecule has 0 spiro atoms. The van der Waals surface area contributed by atoms with Crippen molar-refractivity contribution < 1.29 is 14.3 Å². The third-order valence-corrected chi connectivity index (χ3v) is 7.49. The minimum atomic E-state index is -0.142. The Bertz CT molecular complexity index is 1060. The van der Waals surface area contributed by atoms with Gasteiger partial charge in [0.15, 0.2) is 0 Å². The summed E-state index contributed by atoms with van der Waals surface area (Å²) in [5.74, 6) is -0.220. The van der Waals surface area contributed by atoms with Gasteiger partial charge in [-0.15, -0.1) is 11.3 Å². The van der Waals surface area contributed by atoms with E-state index in [2.05, 4.69) is 57.1 Å². The number of fused-ring (bicyclic) bond motifs is 1. The Morgan fingerprint density at radius 2 is 1.90 bits per heavy atom. The first-order chi connectivity index (χ1) is 14.5. The van der Waals surface area contributed by atoms with Crippen LogP contribution in [-0.4, -0.2) is 41.0 Å². The normalized spacial score (nSPS) is 15.0. The van der Waals surface area contributed by atoms with Crippen molar-refractivity contribution in [2.24, 2.45) is 5.92 Å². The Balaban J connectivity index is 1.58. The Morgan fingerprint density at radius 3 is 2.57 bits per heavy atom. The van der Waals surface area contributed by atoms with Gasteiger partial charge in [0, 0.05) is 25.0 Å². The highest BCUT2D eigenvalue weighted by Gasteiger charge is 2.30. The summed E-state index contributed by atoms with van der Waals surface area (Å²) in [5, 5.41) is 2.06. The van der Waals surface area contributed by atoms with Crippen LogP contribution in [0, 0.1) is 12.8 Å². The maximum Gasteiger partial charge on any atom is 0.309 e. The summed E-state index contributed by atoms with van der Waals surface area (Å²) in [5.41, 5.74) is 4.14. The van der Waals surface area contributed by atoms with Crippen LogP contribution in [0.4, 0.5) is 0 Å². The summed E-state index contributed by atoms with van der Waals surface area (Å²) >= 11 is 5.29. The lowest BCUT2D eigenvalue weighted by Gasteiger charge is -2.31. The molecule has 1 amide bonds. The molecule has 4 rings (SSSR count). The van der Waals surface area contributed by atoms with Crippen LogP contribution in [0.1, 0.15) is 41.4 Å². The number of hydrogen-bond acceptors (Lipinski definition) is 4. The number of rotatable bonds is 5. The molecule has 1 aromatic carbocycles. The fraction of sp³-hybridized carbons (Fsp3) is 0.391. The van der Waals surface area contributed by atoms with Gasteiger partial charge < -0.3 is 14.2 Å². The number of ether oxygens (including phenoxy) is 1. The first-order valence-corrected chi connectivity index (χ1v) is 11.9. The zero-order chi connectivity index (χ0) is 21.3. The van der Waals surface area contributed by atoms with E-state index in [0.29, 0.717) is 44.8 Å². The van der Waals surface area contributed by atoms with Crippen LogP contribution in [-0.2, 0) is 16.1 Å². The maximum atomic E-state index is 13.4. The van der Waals surface area contributed by atoms with Crippen molar-refractivity contribution in [3.63, 3.8) is 0 Å². The lowest BCUT2D eigenvalue weighted by atomic mass is 9.97. The summed E-state index contributed by atoms with van der Waals surface area (Å²) in [6.45, 7) is 6.08. The minimum absolute atomic E-state index is 0.0275. The second kappa shape index (κ2) is 8.94. The molecule has 3 aromatic rings. The van der Waals surface area contributed by atoms with Crippen molar-refractivity contribution in [2.75, 3.05) is 19.7 Å². The fourth-order valence-electron chi connectivity index (χ4n) is 3.99. The number of amides is 1. The smallest absolute Gasteiger partial charge is 0.309 e. The van der Waals surface area contributed by atoms with Crippen molar-refractivity contribution in [2.45, 2.75) is 33.2 Å². The molecule has 158 valence electrons. The van der Waals surface area contributed by atoms with Gasteiger partial charge in [0.25, 0.3) is 5.91 Å². The van der Waals surface area contributed by atoms with Crippen LogP contribution in [0.5, 0.6) is 0 Å². The predicted molar refractivity (Wildman–Crippen MR) is 123 cm³/mol. The molecule has 5 nitrogen and oxygen atoms in total. The molecule has 0 atom stereocenters. The minimum Gasteiger partial charge on any atom is -0.466 e. The lowest BCUT2D eigenvalue weighted by molar-refractivity contribution is -0.149. The van der Waals surface area contributed by atoms with Gasteiger partial charge in [-0.2, -0.15) is 0 Å². The highest BCUT2D eigenvalue weighted by atomic mass is 79.9. The molecule has 1 fully saturated rings. The van der Waals surface area contributed by atoms with E-state index in [1.807, 2.05) is 17.9 Å². The zero-order valence-electron chi connectivity index (χ0n) is 17.2. The molecule has 30 heavy (non-hydrogen) atoms. The first-order valence-electron chi connectivity index (χ1n) is 10.3. The van der Waals surface area contributed by atoms with E-state index in [-0.39, 0.29) is 17.8 Å². The van der Waals surface area contributed by atoms with Crippen LogP contribution in [0.25, 0.3) is 10.2 Å². The van der Waals surface area contributed by atoms with E-state index in [1.165, 1.54) is 5.56 Å². The monoisotopic (exact) mass is 488 g/mol. The number of hydrogen-bond donors (Lipinski definition) is 0. The lowest BCUT2D eigenvalue weighted by Crippen LogP contribution is -2.41. The second-order valence-corrected chi connectivity index (χ2v) is 9.48. The molecular weight excluding hydrogens is 464 g/mol. The van der Waals surface area contributed by atoms with Crippen molar-refractivity contribution in [3.8, 4) is 0 Å². The van der Waals surface area contributed by atoms with E-state index in [4.69, 9.17) is 4.74 Å². The van der Waals surface area contributed by atoms with Crippen LogP contribution in [0.15, 0.2) is 40.2 Å². The van der Waals surface area contributed by atoms with Gasteiger partial charge in [-0.1, -0.05) is 29.8 Å². The number of esters is 1. The van der Waals surface area contributed by atoms with E-state index in [1.54, 1.807) is 11.3 Å². The number of halogens is 1. The highest BCUT2D eigenvalue weighted by Crippen LogP contribution is 2.34. The first kappa shape index (κ1) is 21.1. The Labute approximate surface area is 188 Å². The van der Waals surface area contributed by atoms with Crippen molar-refractivity contribution in [3.05, 3.63) is 57.0 Å². The van der Waals surface area contributed by atoms with Crippen molar-refractivity contribution in [1.29, 1.82) is 0 Å². The third kappa shape index (κ3) is 4.18. The standard InChI is InChI=1S/C23H25BrN2O3S/c1-3-29-23(28)17-8-10-25(11-9-17)22(27)19-12-20-21(18(24)14-30-20)26(19)13-16-6-4-15(2)5-7-16/h4-7,12,14,17H,3,8-11,13H2,1-2H3. The van der Waals surface area contributed by atoms with Gasteiger partial charge in [0.1, 0.15) is 5.69 Å². The average Bonchev–Trinajstić information content (AvgIpc) is 3.29. The van der Waals surface area contributed by atoms with Gasteiger partial charge in [-0.05, 0) is 54.2 Å². The number of aromatic nitrogens is 1. The molecular formula is C23H25BrN2O3S. The molecule has 1 aliphatic rings. The molecule has 0 aliphatic carbocycles. The second-order valence-electron chi connectivity index (χ2n) is 7.72. The molecule has 0 N–H and O–H groups in total. The number of thiophene rings is 1. The Morgan fingerprint density at radius 1 is 1.20 bits per heavy atom. The summed E-state index contributed by atoms with van der Waals surface area (Å²) < 4.78 is 9.36. The number of carbonyl (C=O) groups is 2. The van der Waals surface area contributed by atoms with Crippen LogP contribution >= 0.6 is 27.3 Å². The van der Waals surface area contributed by atoms with Gasteiger partial charge in [0.2, 0.25) is 0 Å². The highest BCUT2D eigenvalue weighted by molar-refractivity contribution is 9.10. The van der Waals surface area contributed by atoms with Crippen molar-refractivity contribution in [1.82, 2.24) is 9.47 Å². The SMILES string of the molecule is CCOC(=O)C1CCN(C(=O)c2cc3scc(Br)c3n2Cc2ccc(C)cc2)CC1. The molecule has 3 heterocycles. The predicted octanol–water partition coefficient (Wildman–Crippen LogP) is 5.24. The number of carbonyl (C=O) groups excluding carboxylic acids is 2. The Kier molecular flexibility index (Phi) is 6.29. The van der Waals surface area contributed by atoms with E-state index in [0.717, 1.165) is 20.3 Å². The Hall–Kier alpha value is -2.12. The van der Waals surface area contributed by atoms with Crippen LogP contribution < -0.4 is 0 Å². The number of benzene rings is 1. The average molecular weight is 489 g/mol. The summed E-state index contributed by atoms with van der Waals surface area (Å²) in [4.78, 5) is 27.3. The molecule has 2 aromatic heterocycles. The van der Waals surface area contributed by atoms with Crippen LogP contribution in [0.3, 0.4) is 0 Å². The number of aryl methyl sites for hydroxylation is 1. The summed E-state index contributed by atoms with van der Waals surface area (Å²) in [6.07, 6.45) is 1.31. The van der Waals surface area contributed by atoms with E-state index in [9.17, 15) is 9.59 Å². The molecule has 0 bridgehead atoms. The molecule has 0 unspecified atom stereocenters. The maximum absolute atomic E-state index is 13.4. The van der Waals surface area contributed by atoms with Gasteiger partial charge in [-0.3, -0.25) is 9.59 Å². The molecule has 0 radical (unpaired) electrons. The van der Waals surface area contributed by atoms with E-state index < -0.39 is 0 Å². The summed E-state index contributed by atoms with van der Waals surface area (Å²) in [7, 11) is 0. The topological polar surface area (TPSA) is 51.5 Å².